The molecule has 2 aromatic rings. The molecule has 10 heteroatoms. The third kappa shape index (κ3) is 3.36. The van der Waals surface area contributed by atoms with Crippen LogP contribution in [0.2, 0.25) is 0 Å². The lowest BCUT2D eigenvalue weighted by Gasteiger charge is -2.13. The third-order valence-electron chi connectivity index (χ3n) is 3.24. The summed E-state index contributed by atoms with van der Waals surface area (Å²) in [5.41, 5.74) is 0.702. The second kappa shape index (κ2) is 6.05. The standard InChI is InChI=1S/C12H13ClN4O3S2/c13-8-6-22(19,20)7-9(8)14-11(18)5-21-12-16-15-10-3-1-2-4-17(10)12/h1-4,8-9H,5-7H2,(H,14,18)/t8-,9-/m1/s1. The molecule has 22 heavy (non-hydrogen) atoms. The number of nitrogens with zero attached hydrogens (tertiary/aromatic N) is 3. The number of amides is 1. The fourth-order valence-corrected chi connectivity index (χ4v) is 5.52. The molecule has 7 nitrogen and oxygen atoms in total. The SMILES string of the molecule is O=C(CSc1nnc2ccccn12)N[C@@H]1CS(=O)(=O)C[C@H]1Cl. The van der Waals surface area contributed by atoms with Crippen LogP contribution in [0.5, 0.6) is 0 Å². The molecule has 1 aliphatic heterocycles. The first-order valence-corrected chi connectivity index (χ1v) is 9.75. The minimum Gasteiger partial charge on any atom is -0.350 e. The summed E-state index contributed by atoms with van der Waals surface area (Å²) < 4.78 is 24.7. The number of sulfone groups is 1. The maximum atomic E-state index is 11.9. The largest absolute Gasteiger partial charge is 0.350 e. The molecule has 2 atom stereocenters. The zero-order valence-electron chi connectivity index (χ0n) is 11.3. The maximum absolute atomic E-state index is 11.9. The van der Waals surface area contributed by atoms with E-state index in [1.165, 1.54) is 11.8 Å². The number of pyridine rings is 1. The van der Waals surface area contributed by atoms with Crippen LogP contribution in [0.1, 0.15) is 0 Å². The maximum Gasteiger partial charge on any atom is 0.230 e. The Morgan fingerprint density at radius 1 is 1.41 bits per heavy atom. The van der Waals surface area contributed by atoms with Crippen molar-refractivity contribution in [2.45, 2.75) is 16.6 Å². The van der Waals surface area contributed by atoms with Crippen LogP contribution in [-0.2, 0) is 14.6 Å². The van der Waals surface area contributed by atoms with Crippen LogP contribution in [-0.4, -0.2) is 57.6 Å². The Morgan fingerprint density at radius 2 is 2.23 bits per heavy atom. The Hall–Kier alpha value is -1.32. The van der Waals surface area contributed by atoms with Crippen LogP contribution >= 0.6 is 23.4 Å². The van der Waals surface area contributed by atoms with Gasteiger partial charge in [-0.3, -0.25) is 9.20 Å². The van der Waals surface area contributed by atoms with Gasteiger partial charge in [0.15, 0.2) is 20.6 Å². The van der Waals surface area contributed by atoms with Crippen molar-refractivity contribution < 1.29 is 13.2 Å². The summed E-state index contributed by atoms with van der Waals surface area (Å²) in [5.74, 6) is -0.353. The lowest BCUT2D eigenvalue weighted by Crippen LogP contribution is -2.41. The van der Waals surface area contributed by atoms with E-state index < -0.39 is 21.3 Å². The van der Waals surface area contributed by atoms with Crippen LogP contribution in [0, 0.1) is 0 Å². The molecule has 2 aromatic heterocycles. The van der Waals surface area contributed by atoms with Crippen LogP contribution < -0.4 is 5.32 Å². The van der Waals surface area contributed by atoms with Crippen LogP contribution in [0.15, 0.2) is 29.6 Å². The van der Waals surface area contributed by atoms with E-state index in [2.05, 4.69) is 15.5 Å². The van der Waals surface area contributed by atoms with Crippen molar-refractivity contribution in [3.63, 3.8) is 0 Å². The number of aromatic nitrogens is 3. The second-order valence-electron chi connectivity index (χ2n) is 4.97. The number of fused-ring (bicyclic) bond motifs is 1. The predicted molar refractivity (Wildman–Crippen MR) is 83.9 cm³/mol. The number of carbonyl (C=O) groups is 1. The fraction of sp³-hybridized carbons (Fsp3) is 0.417. The van der Waals surface area contributed by atoms with Gasteiger partial charge in [0, 0.05) is 6.20 Å². The second-order valence-corrected chi connectivity index (χ2v) is 8.62. The van der Waals surface area contributed by atoms with Crippen LogP contribution in [0.25, 0.3) is 5.65 Å². The van der Waals surface area contributed by atoms with E-state index in [4.69, 9.17) is 11.6 Å². The molecule has 118 valence electrons. The van der Waals surface area contributed by atoms with Crippen molar-refractivity contribution in [3.8, 4) is 0 Å². The molecular formula is C12H13ClN4O3S2. The van der Waals surface area contributed by atoms with Gasteiger partial charge in [0.25, 0.3) is 0 Å². The molecule has 0 bridgehead atoms. The first-order chi connectivity index (χ1) is 10.4. The summed E-state index contributed by atoms with van der Waals surface area (Å²) in [6.45, 7) is 0. The summed E-state index contributed by atoms with van der Waals surface area (Å²) in [6, 6.07) is 4.99. The molecule has 3 rings (SSSR count). The van der Waals surface area contributed by atoms with E-state index >= 15 is 0 Å². The van der Waals surface area contributed by atoms with Gasteiger partial charge in [-0.2, -0.15) is 0 Å². The van der Waals surface area contributed by atoms with E-state index in [1.54, 1.807) is 4.40 Å². The van der Waals surface area contributed by atoms with Gasteiger partial charge in [0.1, 0.15) is 0 Å². The number of hydrogen-bond donors (Lipinski definition) is 1. The van der Waals surface area contributed by atoms with E-state index in [-0.39, 0.29) is 23.2 Å². The van der Waals surface area contributed by atoms with Gasteiger partial charge in [-0.05, 0) is 12.1 Å². The minimum atomic E-state index is -3.16. The number of hydrogen-bond acceptors (Lipinski definition) is 6. The van der Waals surface area contributed by atoms with E-state index in [0.717, 1.165) is 0 Å². The first-order valence-electron chi connectivity index (χ1n) is 6.51. The number of rotatable bonds is 4. The van der Waals surface area contributed by atoms with Gasteiger partial charge in [0.2, 0.25) is 5.91 Å². The van der Waals surface area contributed by atoms with Crippen molar-refractivity contribution in [3.05, 3.63) is 24.4 Å². The molecule has 1 amide bonds. The highest BCUT2D eigenvalue weighted by molar-refractivity contribution is 7.99. The van der Waals surface area contributed by atoms with Crippen molar-refractivity contribution in [2.75, 3.05) is 17.3 Å². The number of alkyl halides is 1. The topological polar surface area (TPSA) is 93.4 Å². The van der Waals surface area contributed by atoms with Crippen molar-refractivity contribution >= 4 is 44.8 Å². The van der Waals surface area contributed by atoms with E-state index in [0.29, 0.717) is 10.8 Å². The Bertz CT molecular complexity index is 808. The van der Waals surface area contributed by atoms with E-state index in [1.807, 2.05) is 24.4 Å². The molecule has 0 unspecified atom stereocenters. The van der Waals surface area contributed by atoms with E-state index in [9.17, 15) is 13.2 Å². The Morgan fingerprint density at radius 3 is 2.95 bits per heavy atom. The molecule has 3 heterocycles. The zero-order valence-corrected chi connectivity index (χ0v) is 13.7. The Balaban J connectivity index is 1.59. The minimum absolute atomic E-state index is 0.0958. The predicted octanol–water partition coefficient (Wildman–Crippen LogP) is 0.342. The summed E-state index contributed by atoms with van der Waals surface area (Å²) in [5, 5.41) is 10.7. The molecular weight excluding hydrogens is 348 g/mol. The highest BCUT2D eigenvalue weighted by atomic mass is 35.5. The number of nitrogens with one attached hydrogen (secondary N) is 1. The Kier molecular flexibility index (Phi) is 4.28. The summed E-state index contributed by atoms with van der Waals surface area (Å²) in [4.78, 5) is 11.9. The van der Waals surface area contributed by atoms with Crippen molar-refractivity contribution in [1.82, 2.24) is 19.9 Å². The van der Waals surface area contributed by atoms with Gasteiger partial charge in [-0.15, -0.1) is 21.8 Å². The first kappa shape index (κ1) is 15.6. The molecule has 1 fully saturated rings. The average Bonchev–Trinajstić information content (AvgIpc) is 2.97. The average molecular weight is 361 g/mol. The van der Waals surface area contributed by atoms with Gasteiger partial charge in [0.05, 0.1) is 28.7 Å². The monoisotopic (exact) mass is 360 g/mol. The lowest BCUT2D eigenvalue weighted by atomic mass is 10.2. The fourth-order valence-electron chi connectivity index (χ4n) is 2.23. The van der Waals surface area contributed by atoms with Crippen LogP contribution in [0.3, 0.4) is 0 Å². The normalized spacial score (nSPS) is 23.7. The number of carbonyl (C=O) groups excluding carboxylic acids is 1. The van der Waals surface area contributed by atoms with Gasteiger partial charge in [-0.25, -0.2) is 8.42 Å². The van der Waals surface area contributed by atoms with Gasteiger partial charge in [-0.1, -0.05) is 17.8 Å². The molecule has 0 aromatic carbocycles. The van der Waals surface area contributed by atoms with Crippen molar-refractivity contribution in [1.29, 1.82) is 0 Å². The zero-order chi connectivity index (χ0) is 15.7. The Labute approximate surface area is 136 Å². The lowest BCUT2D eigenvalue weighted by molar-refractivity contribution is -0.119. The molecule has 1 N–H and O–H groups in total. The molecule has 0 saturated carbocycles. The summed E-state index contributed by atoms with van der Waals surface area (Å²) >= 11 is 7.19. The quantitative estimate of drug-likeness (QED) is 0.624. The van der Waals surface area contributed by atoms with Gasteiger partial charge >= 0.3 is 0 Å². The number of halogens is 1. The van der Waals surface area contributed by atoms with Gasteiger partial charge < -0.3 is 5.32 Å². The molecule has 0 radical (unpaired) electrons. The molecule has 1 aliphatic rings. The summed E-state index contributed by atoms with van der Waals surface area (Å²) in [6.07, 6.45) is 1.81. The highest BCUT2D eigenvalue weighted by Gasteiger charge is 2.37. The molecule has 0 spiro atoms. The third-order valence-corrected chi connectivity index (χ3v) is 6.56. The molecule has 0 aliphatic carbocycles. The summed E-state index contributed by atoms with van der Waals surface area (Å²) in [7, 11) is -3.16. The number of thioether (sulfide) groups is 1. The molecule has 1 saturated heterocycles. The smallest absolute Gasteiger partial charge is 0.230 e. The van der Waals surface area contributed by atoms with Crippen LogP contribution in [0.4, 0.5) is 0 Å². The highest BCUT2D eigenvalue weighted by Crippen LogP contribution is 2.19. The van der Waals surface area contributed by atoms with Crippen molar-refractivity contribution in [2.24, 2.45) is 0 Å².